The number of aromatic nitrogens is 2. The lowest BCUT2D eigenvalue weighted by molar-refractivity contribution is -0.142. The van der Waals surface area contributed by atoms with Gasteiger partial charge in [0.15, 0.2) is 5.76 Å². The van der Waals surface area contributed by atoms with Crippen LogP contribution in [0.4, 0.5) is 18.9 Å². The van der Waals surface area contributed by atoms with Crippen LogP contribution >= 0.6 is 0 Å². The second kappa shape index (κ2) is 5.94. The fourth-order valence-corrected chi connectivity index (χ4v) is 2.58. The standard InChI is InChI=1S/C17H16F3N3O2/c1-9-4-13-11(3)15(25-14(13)5-10(9)2)16(24)22-12-6-21-23(7-12)8-17(18,19)20/h4-7H,8H2,1-3H3,(H,22,24). The number of halogens is 3. The number of fused-ring (bicyclic) bond motifs is 1. The Morgan fingerprint density at radius 3 is 2.60 bits per heavy atom. The van der Waals surface area contributed by atoms with Crippen molar-refractivity contribution >= 4 is 22.6 Å². The Hall–Kier alpha value is -2.77. The van der Waals surface area contributed by atoms with E-state index in [4.69, 9.17) is 4.42 Å². The number of hydrogen-bond acceptors (Lipinski definition) is 3. The van der Waals surface area contributed by atoms with Crippen molar-refractivity contribution in [2.45, 2.75) is 33.5 Å². The molecule has 25 heavy (non-hydrogen) atoms. The number of benzene rings is 1. The smallest absolute Gasteiger partial charge is 0.408 e. The molecule has 0 saturated carbocycles. The molecule has 1 amide bonds. The van der Waals surface area contributed by atoms with Crippen LogP contribution in [-0.2, 0) is 6.54 Å². The Morgan fingerprint density at radius 1 is 1.24 bits per heavy atom. The van der Waals surface area contributed by atoms with E-state index in [1.165, 1.54) is 0 Å². The average molecular weight is 351 g/mol. The van der Waals surface area contributed by atoms with Crippen LogP contribution in [0.15, 0.2) is 28.9 Å². The van der Waals surface area contributed by atoms with Crippen molar-refractivity contribution in [2.75, 3.05) is 5.32 Å². The lowest BCUT2D eigenvalue weighted by atomic mass is 10.1. The van der Waals surface area contributed by atoms with E-state index in [0.29, 0.717) is 15.8 Å². The van der Waals surface area contributed by atoms with Crippen molar-refractivity contribution in [3.63, 3.8) is 0 Å². The molecule has 0 fully saturated rings. The van der Waals surface area contributed by atoms with Gasteiger partial charge in [-0.15, -0.1) is 0 Å². The number of hydrogen-bond donors (Lipinski definition) is 1. The predicted molar refractivity (Wildman–Crippen MR) is 86.7 cm³/mol. The van der Waals surface area contributed by atoms with Crippen LogP contribution < -0.4 is 5.32 Å². The van der Waals surface area contributed by atoms with Crippen molar-refractivity contribution in [3.8, 4) is 0 Å². The van der Waals surface area contributed by atoms with Gasteiger partial charge in [-0.25, -0.2) is 0 Å². The first kappa shape index (κ1) is 17.1. The third kappa shape index (κ3) is 3.52. The molecule has 0 unspecified atom stereocenters. The minimum atomic E-state index is -4.38. The third-order valence-electron chi connectivity index (χ3n) is 3.99. The summed E-state index contributed by atoms with van der Waals surface area (Å²) in [6, 6.07) is 3.80. The van der Waals surface area contributed by atoms with Crippen molar-refractivity contribution in [2.24, 2.45) is 0 Å². The average Bonchev–Trinajstić information content (AvgIpc) is 3.04. The van der Waals surface area contributed by atoms with Gasteiger partial charge in [-0.2, -0.15) is 18.3 Å². The normalized spacial score (nSPS) is 11.9. The van der Waals surface area contributed by atoms with E-state index in [-0.39, 0.29) is 11.4 Å². The second-order valence-electron chi connectivity index (χ2n) is 5.98. The summed E-state index contributed by atoms with van der Waals surface area (Å²) >= 11 is 0. The van der Waals surface area contributed by atoms with Crippen LogP contribution in [0, 0.1) is 20.8 Å². The van der Waals surface area contributed by atoms with Gasteiger partial charge < -0.3 is 9.73 Å². The monoisotopic (exact) mass is 351 g/mol. The number of anilines is 1. The molecule has 0 aliphatic rings. The second-order valence-corrected chi connectivity index (χ2v) is 5.98. The molecule has 0 radical (unpaired) electrons. The molecule has 8 heteroatoms. The lowest BCUT2D eigenvalue weighted by Gasteiger charge is -2.05. The van der Waals surface area contributed by atoms with E-state index in [1.807, 2.05) is 26.0 Å². The summed E-state index contributed by atoms with van der Waals surface area (Å²) in [6.45, 7) is 4.46. The highest BCUT2D eigenvalue weighted by Crippen LogP contribution is 2.28. The summed E-state index contributed by atoms with van der Waals surface area (Å²) in [6.07, 6.45) is -2.09. The first-order chi connectivity index (χ1) is 11.6. The Balaban J connectivity index is 1.84. The summed E-state index contributed by atoms with van der Waals surface area (Å²) in [5.41, 5.74) is 3.57. The van der Waals surface area contributed by atoms with Crippen LogP contribution in [-0.4, -0.2) is 21.9 Å². The van der Waals surface area contributed by atoms with E-state index < -0.39 is 18.6 Å². The maximum Gasteiger partial charge on any atom is 0.408 e. The zero-order chi connectivity index (χ0) is 18.4. The van der Waals surface area contributed by atoms with Gasteiger partial charge in [-0.3, -0.25) is 9.48 Å². The van der Waals surface area contributed by atoms with Gasteiger partial charge in [0.25, 0.3) is 5.91 Å². The first-order valence-electron chi connectivity index (χ1n) is 7.55. The summed E-state index contributed by atoms with van der Waals surface area (Å²) in [4.78, 5) is 12.4. The zero-order valence-corrected chi connectivity index (χ0v) is 13.9. The molecule has 132 valence electrons. The largest absolute Gasteiger partial charge is 0.451 e. The number of aryl methyl sites for hydroxylation is 3. The van der Waals surface area contributed by atoms with Crippen molar-refractivity contribution < 1.29 is 22.4 Å². The number of furan rings is 1. The maximum atomic E-state index is 12.4. The Bertz CT molecular complexity index is 954. The highest BCUT2D eigenvalue weighted by atomic mass is 19.4. The number of nitrogens with one attached hydrogen (secondary N) is 1. The minimum absolute atomic E-state index is 0.128. The molecule has 0 spiro atoms. The van der Waals surface area contributed by atoms with Crippen molar-refractivity contribution in [3.05, 3.63) is 47.0 Å². The molecule has 3 aromatic rings. The first-order valence-corrected chi connectivity index (χ1v) is 7.55. The highest BCUT2D eigenvalue weighted by Gasteiger charge is 2.28. The van der Waals surface area contributed by atoms with Gasteiger partial charge >= 0.3 is 6.18 Å². The molecular formula is C17H16F3N3O2. The van der Waals surface area contributed by atoms with Gasteiger partial charge in [0.2, 0.25) is 0 Å². The molecule has 0 bridgehead atoms. The predicted octanol–water partition coefficient (Wildman–Crippen LogP) is 4.37. The van der Waals surface area contributed by atoms with Crippen molar-refractivity contribution in [1.29, 1.82) is 0 Å². The molecule has 2 aromatic heterocycles. The van der Waals surface area contributed by atoms with Crippen LogP contribution in [0.2, 0.25) is 0 Å². The summed E-state index contributed by atoms with van der Waals surface area (Å²) in [7, 11) is 0. The Kier molecular flexibility index (Phi) is 4.06. The lowest BCUT2D eigenvalue weighted by Crippen LogP contribution is -2.18. The number of rotatable bonds is 3. The van der Waals surface area contributed by atoms with Crippen LogP contribution in [0.1, 0.15) is 27.2 Å². The maximum absolute atomic E-state index is 12.4. The van der Waals surface area contributed by atoms with E-state index in [0.717, 1.165) is 28.9 Å². The molecule has 5 nitrogen and oxygen atoms in total. The summed E-state index contributed by atoms with van der Waals surface area (Å²) in [5.74, 6) is -0.404. The molecule has 0 aliphatic heterocycles. The SMILES string of the molecule is Cc1cc2oc(C(=O)Nc3cnn(CC(F)(F)F)c3)c(C)c2cc1C. The van der Waals surface area contributed by atoms with E-state index in [1.54, 1.807) is 6.92 Å². The van der Waals surface area contributed by atoms with E-state index >= 15 is 0 Å². The quantitative estimate of drug-likeness (QED) is 0.762. The Morgan fingerprint density at radius 2 is 1.92 bits per heavy atom. The summed E-state index contributed by atoms with van der Waals surface area (Å²) in [5, 5.41) is 6.93. The van der Waals surface area contributed by atoms with Gasteiger partial charge in [0.05, 0.1) is 11.9 Å². The molecule has 2 heterocycles. The fraction of sp³-hybridized carbons (Fsp3) is 0.294. The van der Waals surface area contributed by atoms with Crippen LogP contribution in [0.5, 0.6) is 0 Å². The molecule has 3 rings (SSSR count). The number of amides is 1. The zero-order valence-electron chi connectivity index (χ0n) is 13.9. The van der Waals surface area contributed by atoms with Gasteiger partial charge in [0.1, 0.15) is 12.1 Å². The van der Waals surface area contributed by atoms with E-state index in [2.05, 4.69) is 10.4 Å². The van der Waals surface area contributed by atoms with Crippen LogP contribution in [0.3, 0.4) is 0 Å². The third-order valence-corrected chi connectivity index (χ3v) is 3.99. The number of nitrogens with zero attached hydrogens (tertiary/aromatic N) is 2. The molecule has 1 N–H and O–H groups in total. The van der Waals surface area contributed by atoms with Gasteiger partial charge in [0, 0.05) is 17.1 Å². The van der Waals surface area contributed by atoms with Crippen molar-refractivity contribution in [1.82, 2.24) is 9.78 Å². The topological polar surface area (TPSA) is 60.1 Å². The molecule has 0 aliphatic carbocycles. The van der Waals surface area contributed by atoms with Gasteiger partial charge in [-0.1, -0.05) is 0 Å². The summed E-state index contributed by atoms with van der Waals surface area (Å²) < 4.78 is 43.4. The minimum Gasteiger partial charge on any atom is -0.451 e. The number of carbonyl (C=O) groups is 1. The van der Waals surface area contributed by atoms with E-state index in [9.17, 15) is 18.0 Å². The molecular weight excluding hydrogens is 335 g/mol. The Labute approximate surface area is 141 Å². The molecule has 0 atom stereocenters. The number of carbonyl (C=O) groups excluding carboxylic acids is 1. The highest BCUT2D eigenvalue weighted by molar-refractivity contribution is 6.06. The molecule has 0 saturated heterocycles. The fourth-order valence-electron chi connectivity index (χ4n) is 2.58. The number of alkyl halides is 3. The van der Waals surface area contributed by atoms with Crippen LogP contribution in [0.25, 0.3) is 11.0 Å². The molecule has 1 aromatic carbocycles. The van der Waals surface area contributed by atoms with Gasteiger partial charge in [-0.05, 0) is 44.0 Å².